The maximum absolute atomic E-state index is 11.8. The highest BCUT2D eigenvalue weighted by Crippen LogP contribution is 2.22. The second-order valence-corrected chi connectivity index (χ2v) is 4.56. The molecule has 16 heavy (non-hydrogen) atoms. The average Bonchev–Trinajstić information content (AvgIpc) is 2.45. The van der Waals surface area contributed by atoms with Crippen LogP contribution in [0.15, 0.2) is 0 Å². The Morgan fingerprint density at radius 3 is 2.56 bits per heavy atom. The first-order valence-electron chi connectivity index (χ1n) is 5.23. The van der Waals surface area contributed by atoms with E-state index in [1.165, 1.54) is 11.6 Å². The lowest BCUT2D eigenvalue weighted by Crippen LogP contribution is -2.35. The van der Waals surface area contributed by atoms with E-state index >= 15 is 0 Å². The maximum Gasteiger partial charge on any atom is 0.168 e. The van der Waals surface area contributed by atoms with Crippen molar-refractivity contribution in [3.63, 3.8) is 0 Å². The van der Waals surface area contributed by atoms with Gasteiger partial charge in [0.1, 0.15) is 10.8 Å². The molecule has 1 unspecified atom stereocenters. The van der Waals surface area contributed by atoms with Crippen LogP contribution >= 0.6 is 11.6 Å². The van der Waals surface area contributed by atoms with Gasteiger partial charge in [-0.15, -0.1) is 0 Å². The number of aliphatic hydroxyl groups is 1. The molecule has 1 aromatic rings. The van der Waals surface area contributed by atoms with E-state index in [1.54, 1.807) is 20.9 Å². The summed E-state index contributed by atoms with van der Waals surface area (Å²) in [6, 6.07) is 0. The summed E-state index contributed by atoms with van der Waals surface area (Å²) in [5.41, 5.74) is 0.140. The molecular formula is C11H17ClN2O2. The Morgan fingerprint density at radius 1 is 1.62 bits per heavy atom. The molecule has 0 aliphatic heterocycles. The smallest absolute Gasteiger partial charge is 0.168 e. The summed E-state index contributed by atoms with van der Waals surface area (Å²) in [4.78, 5) is 11.8. The molecule has 4 nitrogen and oxygen atoms in total. The molecule has 1 rings (SSSR count). The number of hydrogen-bond acceptors (Lipinski definition) is 3. The van der Waals surface area contributed by atoms with Crippen LogP contribution < -0.4 is 0 Å². The number of ketones is 1. The van der Waals surface area contributed by atoms with Crippen molar-refractivity contribution in [3.05, 3.63) is 16.4 Å². The van der Waals surface area contributed by atoms with E-state index in [2.05, 4.69) is 5.10 Å². The van der Waals surface area contributed by atoms with Crippen LogP contribution in [0.3, 0.4) is 0 Å². The fourth-order valence-electron chi connectivity index (χ4n) is 1.42. The van der Waals surface area contributed by atoms with Gasteiger partial charge in [-0.1, -0.05) is 18.5 Å². The van der Waals surface area contributed by atoms with Crippen LogP contribution in [0.4, 0.5) is 0 Å². The Morgan fingerprint density at radius 2 is 2.19 bits per heavy atom. The van der Waals surface area contributed by atoms with Crippen LogP contribution in [-0.2, 0) is 18.3 Å². The molecule has 90 valence electrons. The first-order valence-corrected chi connectivity index (χ1v) is 5.61. The molecule has 0 saturated heterocycles. The molecule has 5 heteroatoms. The molecule has 0 radical (unpaired) electrons. The van der Waals surface area contributed by atoms with Gasteiger partial charge in [0.25, 0.3) is 0 Å². The standard InChI is InChI=1S/C11H17ClN2O2/c1-5-11(3,16)9(15)6-8-7(2)13-14(4)10(8)12/h16H,5-6H2,1-4H3. The van der Waals surface area contributed by atoms with Crippen LogP contribution in [0.1, 0.15) is 31.5 Å². The molecular weight excluding hydrogens is 228 g/mol. The summed E-state index contributed by atoms with van der Waals surface area (Å²) in [5.74, 6) is -0.229. The van der Waals surface area contributed by atoms with Gasteiger partial charge in [0.15, 0.2) is 5.78 Å². The topological polar surface area (TPSA) is 55.1 Å². The molecule has 1 N–H and O–H groups in total. The van der Waals surface area contributed by atoms with Crippen molar-refractivity contribution in [2.75, 3.05) is 0 Å². The van der Waals surface area contributed by atoms with Crippen LogP contribution in [0, 0.1) is 6.92 Å². The number of hydrogen-bond donors (Lipinski definition) is 1. The van der Waals surface area contributed by atoms with Gasteiger partial charge in [-0.3, -0.25) is 9.48 Å². The predicted octanol–water partition coefficient (Wildman–Crippen LogP) is 1.65. The molecule has 0 bridgehead atoms. The van der Waals surface area contributed by atoms with E-state index in [0.29, 0.717) is 17.1 Å². The fraction of sp³-hybridized carbons (Fsp3) is 0.636. The Kier molecular flexibility index (Phi) is 3.76. The molecule has 0 spiro atoms. The van der Waals surface area contributed by atoms with Crippen molar-refractivity contribution in [1.82, 2.24) is 9.78 Å². The van der Waals surface area contributed by atoms with E-state index in [4.69, 9.17) is 11.6 Å². The quantitative estimate of drug-likeness (QED) is 0.876. The average molecular weight is 245 g/mol. The monoisotopic (exact) mass is 244 g/mol. The van der Waals surface area contributed by atoms with Gasteiger partial charge in [-0.05, 0) is 20.3 Å². The Balaban J connectivity index is 2.94. The number of aryl methyl sites for hydroxylation is 2. The van der Waals surface area contributed by atoms with Crippen molar-refractivity contribution in [2.45, 2.75) is 39.2 Å². The lowest BCUT2D eigenvalue weighted by molar-refractivity contribution is -0.135. The number of halogens is 1. The van der Waals surface area contributed by atoms with E-state index in [-0.39, 0.29) is 12.2 Å². The third-order valence-electron chi connectivity index (χ3n) is 2.90. The van der Waals surface area contributed by atoms with Gasteiger partial charge in [0.05, 0.1) is 5.69 Å². The Bertz CT molecular complexity index is 410. The van der Waals surface area contributed by atoms with E-state index < -0.39 is 5.60 Å². The van der Waals surface area contributed by atoms with Crippen molar-refractivity contribution in [2.24, 2.45) is 7.05 Å². The van der Waals surface area contributed by atoms with Gasteiger partial charge < -0.3 is 5.11 Å². The molecule has 1 heterocycles. The third kappa shape index (κ3) is 2.44. The second kappa shape index (κ2) is 4.55. The van der Waals surface area contributed by atoms with Crippen molar-refractivity contribution < 1.29 is 9.90 Å². The van der Waals surface area contributed by atoms with E-state index in [9.17, 15) is 9.90 Å². The first-order chi connectivity index (χ1) is 7.29. The van der Waals surface area contributed by atoms with Crippen LogP contribution in [0.5, 0.6) is 0 Å². The van der Waals surface area contributed by atoms with Gasteiger partial charge in [-0.2, -0.15) is 5.10 Å². The van der Waals surface area contributed by atoms with Crippen LogP contribution in [0.2, 0.25) is 5.15 Å². The summed E-state index contributed by atoms with van der Waals surface area (Å²) >= 11 is 6.02. The summed E-state index contributed by atoms with van der Waals surface area (Å²) in [6.07, 6.45) is 0.516. The molecule has 1 aromatic heterocycles. The zero-order valence-corrected chi connectivity index (χ0v) is 10.8. The van der Waals surface area contributed by atoms with Gasteiger partial charge in [-0.25, -0.2) is 0 Å². The summed E-state index contributed by atoms with van der Waals surface area (Å²) < 4.78 is 1.53. The highest BCUT2D eigenvalue weighted by molar-refractivity contribution is 6.30. The zero-order chi connectivity index (χ0) is 12.5. The zero-order valence-electron chi connectivity index (χ0n) is 10.0. The number of aromatic nitrogens is 2. The number of rotatable bonds is 4. The molecule has 0 fully saturated rings. The molecule has 0 saturated carbocycles. The van der Waals surface area contributed by atoms with Crippen molar-refractivity contribution in [1.29, 1.82) is 0 Å². The Hall–Kier alpha value is -0.870. The molecule has 1 atom stereocenters. The van der Waals surface area contributed by atoms with Gasteiger partial charge in [0.2, 0.25) is 0 Å². The minimum absolute atomic E-state index is 0.124. The summed E-state index contributed by atoms with van der Waals surface area (Å²) in [7, 11) is 1.72. The summed E-state index contributed by atoms with van der Waals surface area (Å²) in [5, 5.41) is 14.4. The third-order valence-corrected chi connectivity index (χ3v) is 3.37. The minimum atomic E-state index is -1.29. The number of carbonyl (C=O) groups excluding carboxylic acids is 1. The van der Waals surface area contributed by atoms with Gasteiger partial charge >= 0.3 is 0 Å². The molecule has 0 aliphatic carbocycles. The SMILES string of the molecule is CCC(C)(O)C(=O)Cc1c(C)nn(C)c1Cl. The normalized spacial score (nSPS) is 14.9. The van der Waals surface area contributed by atoms with Crippen LogP contribution in [-0.4, -0.2) is 26.3 Å². The van der Waals surface area contributed by atoms with E-state index in [1.807, 2.05) is 0 Å². The lowest BCUT2D eigenvalue weighted by Gasteiger charge is -2.19. The fourth-order valence-corrected chi connectivity index (χ4v) is 1.66. The molecule has 0 amide bonds. The molecule has 0 aromatic carbocycles. The highest BCUT2D eigenvalue weighted by atomic mass is 35.5. The maximum atomic E-state index is 11.8. The Labute approximate surface area is 100 Å². The van der Waals surface area contributed by atoms with Crippen molar-refractivity contribution >= 4 is 17.4 Å². The van der Waals surface area contributed by atoms with Gasteiger partial charge in [0, 0.05) is 19.0 Å². The molecule has 0 aliphatic rings. The number of nitrogens with zero attached hydrogens (tertiary/aromatic N) is 2. The number of Topliss-reactive ketones (excluding diaryl/α,β-unsaturated/α-hetero) is 1. The number of carbonyl (C=O) groups is 1. The largest absolute Gasteiger partial charge is 0.382 e. The highest BCUT2D eigenvalue weighted by Gasteiger charge is 2.29. The summed E-state index contributed by atoms with van der Waals surface area (Å²) in [6.45, 7) is 5.10. The predicted molar refractivity (Wildman–Crippen MR) is 62.6 cm³/mol. The second-order valence-electron chi connectivity index (χ2n) is 4.21. The van der Waals surface area contributed by atoms with Crippen LogP contribution in [0.25, 0.3) is 0 Å². The van der Waals surface area contributed by atoms with E-state index in [0.717, 1.165) is 5.69 Å². The minimum Gasteiger partial charge on any atom is -0.382 e. The lowest BCUT2D eigenvalue weighted by atomic mass is 9.93. The first kappa shape index (κ1) is 13.2. The van der Waals surface area contributed by atoms with Crippen molar-refractivity contribution in [3.8, 4) is 0 Å².